The van der Waals surface area contributed by atoms with Crippen LogP contribution in [0, 0.1) is 11.3 Å². The largest absolute Gasteiger partial charge is 0.391 e. The SMILES string of the molecule is N#Cc1cccc(CON=Cc2ccccc2C(F)F)c1. The summed E-state index contributed by atoms with van der Waals surface area (Å²) in [5, 5.41) is 12.5. The number of nitriles is 1. The minimum Gasteiger partial charge on any atom is -0.391 e. The Morgan fingerprint density at radius 2 is 2.00 bits per heavy atom. The van der Waals surface area contributed by atoms with Gasteiger partial charge in [0.15, 0.2) is 0 Å². The van der Waals surface area contributed by atoms with Gasteiger partial charge in [0, 0.05) is 11.1 Å². The van der Waals surface area contributed by atoms with E-state index in [-0.39, 0.29) is 12.2 Å². The predicted octanol–water partition coefficient (Wildman–Crippen LogP) is 4.05. The minimum atomic E-state index is -2.56. The zero-order valence-electron chi connectivity index (χ0n) is 11.0. The van der Waals surface area contributed by atoms with E-state index in [1.165, 1.54) is 12.3 Å². The van der Waals surface area contributed by atoms with E-state index in [4.69, 9.17) is 10.1 Å². The second-order valence-electron chi connectivity index (χ2n) is 4.25. The molecule has 0 saturated heterocycles. The molecule has 0 aromatic heterocycles. The number of benzene rings is 2. The van der Waals surface area contributed by atoms with Crippen molar-refractivity contribution in [3.05, 3.63) is 70.8 Å². The van der Waals surface area contributed by atoms with Gasteiger partial charge in [-0.2, -0.15) is 5.26 Å². The van der Waals surface area contributed by atoms with E-state index in [1.54, 1.807) is 42.5 Å². The van der Waals surface area contributed by atoms with Crippen molar-refractivity contribution in [2.75, 3.05) is 0 Å². The average molecular weight is 286 g/mol. The van der Waals surface area contributed by atoms with Crippen LogP contribution in [0.25, 0.3) is 0 Å². The highest BCUT2D eigenvalue weighted by molar-refractivity contribution is 5.81. The fourth-order valence-electron chi connectivity index (χ4n) is 1.76. The monoisotopic (exact) mass is 286 g/mol. The molecule has 0 N–H and O–H groups in total. The smallest absolute Gasteiger partial charge is 0.264 e. The number of nitrogens with zero attached hydrogens (tertiary/aromatic N) is 2. The Hall–Kier alpha value is -2.74. The summed E-state index contributed by atoms with van der Waals surface area (Å²) in [6.07, 6.45) is -1.30. The standard InChI is InChI=1S/C16H12F2N2O/c17-16(18)15-7-2-1-6-14(15)10-20-21-11-13-5-3-4-12(8-13)9-19/h1-8,10,16H,11H2. The van der Waals surface area contributed by atoms with E-state index in [0.717, 1.165) is 5.56 Å². The summed E-state index contributed by atoms with van der Waals surface area (Å²) in [5.74, 6) is 0. The van der Waals surface area contributed by atoms with Gasteiger partial charge in [-0.15, -0.1) is 0 Å². The highest BCUT2D eigenvalue weighted by Crippen LogP contribution is 2.21. The topological polar surface area (TPSA) is 45.4 Å². The maximum absolute atomic E-state index is 12.8. The summed E-state index contributed by atoms with van der Waals surface area (Å²) < 4.78 is 25.5. The first-order chi connectivity index (χ1) is 10.2. The van der Waals surface area contributed by atoms with Gasteiger partial charge in [0.2, 0.25) is 0 Å². The molecule has 0 fully saturated rings. The first kappa shape index (κ1) is 14.7. The maximum atomic E-state index is 12.8. The lowest BCUT2D eigenvalue weighted by molar-refractivity contribution is 0.132. The molecule has 0 aliphatic heterocycles. The van der Waals surface area contributed by atoms with Crippen LogP contribution in [0.4, 0.5) is 8.78 Å². The fraction of sp³-hybridized carbons (Fsp3) is 0.125. The summed E-state index contributed by atoms with van der Waals surface area (Å²) in [6.45, 7) is 0.170. The van der Waals surface area contributed by atoms with Crippen LogP contribution in [-0.4, -0.2) is 6.21 Å². The Labute approximate surface area is 121 Å². The Morgan fingerprint density at radius 3 is 2.76 bits per heavy atom. The summed E-state index contributed by atoms with van der Waals surface area (Å²) in [5.41, 5.74) is 1.55. The number of rotatable bonds is 5. The number of oxime groups is 1. The van der Waals surface area contributed by atoms with Crippen molar-refractivity contribution in [2.45, 2.75) is 13.0 Å². The molecule has 2 aromatic rings. The molecule has 0 aliphatic carbocycles. The van der Waals surface area contributed by atoms with Crippen LogP contribution in [0.15, 0.2) is 53.7 Å². The second kappa shape index (κ2) is 7.15. The van der Waals surface area contributed by atoms with Crippen molar-refractivity contribution in [3.63, 3.8) is 0 Å². The minimum absolute atomic E-state index is 0.0867. The highest BCUT2D eigenvalue weighted by Gasteiger charge is 2.10. The van der Waals surface area contributed by atoms with Gasteiger partial charge in [0.05, 0.1) is 17.8 Å². The van der Waals surface area contributed by atoms with E-state index in [1.807, 2.05) is 6.07 Å². The summed E-state index contributed by atoms with van der Waals surface area (Å²) in [6, 6.07) is 15.0. The Balaban J connectivity index is 1.99. The van der Waals surface area contributed by atoms with Crippen LogP contribution in [0.3, 0.4) is 0 Å². The zero-order chi connectivity index (χ0) is 15.1. The van der Waals surface area contributed by atoms with Gasteiger partial charge in [-0.25, -0.2) is 8.78 Å². The Kier molecular flexibility index (Phi) is 4.99. The first-order valence-electron chi connectivity index (χ1n) is 6.22. The molecule has 0 unspecified atom stereocenters. The van der Waals surface area contributed by atoms with Crippen molar-refractivity contribution in [1.29, 1.82) is 5.26 Å². The molecular formula is C16H12F2N2O. The molecule has 0 aliphatic rings. The molecule has 0 spiro atoms. The predicted molar refractivity (Wildman–Crippen MR) is 74.9 cm³/mol. The highest BCUT2D eigenvalue weighted by atomic mass is 19.3. The molecule has 3 nitrogen and oxygen atoms in total. The second-order valence-corrected chi connectivity index (χ2v) is 4.25. The van der Waals surface area contributed by atoms with Gasteiger partial charge < -0.3 is 4.84 Å². The fourth-order valence-corrected chi connectivity index (χ4v) is 1.76. The number of alkyl halides is 2. The van der Waals surface area contributed by atoms with Gasteiger partial charge in [-0.1, -0.05) is 41.6 Å². The number of hydrogen-bond acceptors (Lipinski definition) is 3. The lowest BCUT2D eigenvalue weighted by Gasteiger charge is -2.04. The van der Waals surface area contributed by atoms with Crippen molar-refractivity contribution in [1.82, 2.24) is 0 Å². The lowest BCUT2D eigenvalue weighted by atomic mass is 10.1. The first-order valence-corrected chi connectivity index (χ1v) is 6.22. The summed E-state index contributed by atoms with van der Waals surface area (Å²) in [7, 11) is 0. The third-order valence-corrected chi connectivity index (χ3v) is 2.78. The zero-order valence-corrected chi connectivity index (χ0v) is 11.0. The van der Waals surface area contributed by atoms with Crippen LogP contribution in [0.5, 0.6) is 0 Å². The number of halogens is 2. The van der Waals surface area contributed by atoms with Crippen LogP contribution in [0.1, 0.15) is 28.7 Å². The molecule has 2 aromatic carbocycles. The Morgan fingerprint density at radius 1 is 1.19 bits per heavy atom. The van der Waals surface area contributed by atoms with E-state index in [0.29, 0.717) is 11.1 Å². The van der Waals surface area contributed by atoms with Crippen molar-refractivity contribution in [2.24, 2.45) is 5.16 Å². The molecule has 0 heterocycles. The van der Waals surface area contributed by atoms with Crippen molar-refractivity contribution >= 4 is 6.21 Å². The van der Waals surface area contributed by atoms with Crippen molar-refractivity contribution in [3.8, 4) is 6.07 Å². The van der Waals surface area contributed by atoms with Crippen LogP contribution in [0.2, 0.25) is 0 Å². The van der Waals surface area contributed by atoms with Crippen LogP contribution >= 0.6 is 0 Å². The maximum Gasteiger partial charge on any atom is 0.264 e. The molecule has 0 atom stereocenters. The quantitative estimate of drug-likeness (QED) is 0.615. The molecule has 0 radical (unpaired) electrons. The third-order valence-electron chi connectivity index (χ3n) is 2.78. The van der Waals surface area contributed by atoms with Gasteiger partial charge in [0.25, 0.3) is 6.43 Å². The molecule has 0 amide bonds. The molecule has 0 saturated carbocycles. The van der Waals surface area contributed by atoms with Gasteiger partial charge in [0.1, 0.15) is 6.61 Å². The van der Waals surface area contributed by atoms with Gasteiger partial charge in [-0.05, 0) is 17.7 Å². The normalized spacial score (nSPS) is 10.8. The van der Waals surface area contributed by atoms with Crippen molar-refractivity contribution < 1.29 is 13.6 Å². The molecule has 106 valence electrons. The molecule has 21 heavy (non-hydrogen) atoms. The average Bonchev–Trinajstić information content (AvgIpc) is 2.52. The summed E-state index contributed by atoms with van der Waals surface area (Å²) >= 11 is 0. The lowest BCUT2D eigenvalue weighted by Crippen LogP contribution is -1.94. The van der Waals surface area contributed by atoms with Gasteiger partial charge >= 0.3 is 0 Å². The molecular weight excluding hydrogens is 274 g/mol. The molecule has 2 rings (SSSR count). The third kappa shape index (κ3) is 4.11. The van der Waals surface area contributed by atoms with E-state index in [2.05, 4.69) is 5.16 Å². The summed E-state index contributed by atoms with van der Waals surface area (Å²) in [4.78, 5) is 5.07. The van der Waals surface area contributed by atoms with E-state index >= 15 is 0 Å². The Bertz CT molecular complexity index is 678. The number of hydrogen-bond donors (Lipinski definition) is 0. The molecule has 0 bridgehead atoms. The van der Waals surface area contributed by atoms with Gasteiger partial charge in [-0.3, -0.25) is 0 Å². The van der Waals surface area contributed by atoms with Crippen LogP contribution in [-0.2, 0) is 11.4 Å². The van der Waals surface area contributed by atoms with E-state index < -0.39 is 6.43 Å². The molecule has 5 heteroatoms. The van der Waals surface area contributed by atoms with E-state index in [9.17, 15) is 8.78 Å². The van der Waals surface area contributed by atoms with Crippen LogP contribution < -0.4 is 0 Å².